The predicted octanol–water partition coefficient (Wildman–Crippen LogP) is 5.17. The van der Waals surface area contributed by atoms with Crippen LogP contribution in [-0.2, 0) is 21.9 Å². The molecule has 194 valence electrons. The highest BCUT2D eigenvalue weighted by molar-refractivity contribution is 6.39. The number of amides is 2. The fraction of sp³-hybridized carbons (Fsp3) is 0.304. The number of aliphatic hydroxyl groups excluding tert-OH is 1. The van der Waals surface area contributed by atoms with Crippen molar-refractivity contribution in [1.29, 1.82) is 0 Å². The van der Waals surface area contributed by atoms with Crippen molar-refractivity contribution in [2.45, 2.75) is 32.1 Å². The van der Waals surface area contributed by atoms with Gasteiger partial charge in [0, 0.05) is 29.3 Å². The summed E-state index contributed by atoms with van der Waals surface area (Å²) in [6.45, 7) is 2.87. The maximum Gasteiger partial charge on any atom is 0.420 e. The number of fused-ring (bicyclic) bond motifs is 1. The molecule has 0 saturated heterocycles. The maximum absolute atomic E-state index is 13.9. The Bertz CT molecular complexity index is 1250. The van der Waals surface area contributed by atoms with Crippen LogP contribution >= 0.6 is 0 Å². The van der Waals surface area contributed by atoms with Gasteiger partial charge in [0.2, 0.25) is 0 Å². The average Bonchev–Trinajstić information content (AvgIpc) is 3.20. The zero-order valence-corrected chi connectivity index (χ0v) is 18.9. The normalized spacial score (nSPS) is 12.2. The summed E-state index contributed by atoms with van der Waals surface area (Å²) in [5.41, 5.74) is -3.12. The van der Waals surface area contributed by atoms with Crippen molar-refractivity contribution in [2.24, 2.45) is 0 Å². The van der Waals surface area contributed by atoms with Gasteiger partial charge in [0.05, 0.1) is 6.61 Å². The van der Waals surface area contributed by atoms with Crippen LogP contribution in [0.15, 0.2) is 36.5 Å². The first-order chi connectivity index (χ1) is 16.7. The maximum atomic E-state index is 13.9. The predicted molar refractivity (Wildman–Crippen MR) is 118 cm³/mol. The van der Waals surface area contributed by atoms with Crippen molar-refractivity contribution in [3.8, 4) is 11.5 Å². The number of aromatic nitrogens is 1. The number of H-pyrrole nitrogens is 1. The van der Waals surface area contributed by atoms with E-state index in [1.54, 1.807) is 11.5 Å². The Morgan fingerprint density at radius 1 is 1.00 bits per heavy atom. The van der Waals surface area contributed by atoms with Gasteiger partial charge < -0.3 is 25.5 Å². The lowest BCUT2D eigenvalue weighted by atomic mass is 10.0. The molecule has 2 amide bonds. The number of carbonyl (C=O) groups is 2. The number of aliphatic hydroxyl groups is 1. The van der Waals surface area contributed by atoms with Crippen molar-refractivity contribution in [2.75, 3.05) is 18.5 Å². The Balaban J connectivity index is 2.10. The molecule has 0 atom stereocenters. The number of nitrogens with one attached hydrogen (secondary N) is 3. The van der Waals surface area contributed by atoms with E-state index in [-0.39, 0.29) is 30.3 Å². The minimum Gasteiger partial charge on any atom is -0.456 e. The van der Waals surface area contributed by atoms with Crippen LogP contribution in [0.1, 0.15) is 36.5 Å². The molecule has 1 heterocycles. The van der Waals surface area contributed by atoms with Crippen molar-refractivity contribution < 1.29 is 45.8 Å². The lowest BCUT2D eigenvalue weighted by molar-refractivity contribution is -0.145. The first-order valence-corrected chi connectivity index (χ1v) is 10.5. The van der Waals surface area contributed by atoms with E-state index in [9.17, 15) is 35.9 Å². The molecule has 4 N–H and O–H groups in total. The van der Waals surface area contributed by atoms with Crippen molar-refractivity contribution in [1.82, 2.24) is 10.3 Å². The topological polar surface area (TPSA) is 103 Å². The number of halogens is 6. The second kappa shape index (κ2) is 10.1. The molecule has 36 heavy (non-hydrogen) atoms. The number of carbonyl (C=O) groups excluding carboxylic acids is 2. The summed E-state index contributed by atoms with van der Waals surface area (Å²) in [5, 5.41) is 12.9. The number of hydrogen-bond donors (Lipinski definition) is 4. The third-order valence-corrected chi connectivity index (χ3v) is 5.09. The first-order valence-electron chi connectivity index (χ1n) is 10.5. The van der Waals surface area contributed by atoms with Gasteiger partial charge in [-0.1, -0.05) is 13.8 Å². The van der Waals surface area contributed by atoms with Crippen LogP contribution in [0.3, 0.4) is 0 Å². The van der Waals surface area contributed by atoms with Crippen LogP contribution in [0.4, 0.5) is 32.0 Å². The smallest absolute Gasteiger partial charge is 0.420 e. The number of benzene rings is 2. The van der Waals surface area contributed by atoms with Crippen molar-refractivity contribution in [3.05, 3.63) is 53.2 Å². The van der Waals surface area contributed by atoms with Gasteiger partial charge in [-0.15, -0.1) is 0 Å². The van der Waals surface area contributed by atoms with E-state index in [1.807, 2.05) is 19.2 Å². The number of aromatic amines is 1. The van der Waals surface area contributed by atoms with Crippen LogP contribution in [0.2, 0.25) is 0 Å². The van der Waals surface area contributed by atoms with Crippen LogP contribution in [0.5, 0.6) is 11.5 Å². The second-order valence-electron chi connectivity index (χ2n) is 8.04. The monoisotopic (exact) mass is 517 g/mol. The SMILES string of the molecule is CC(C)c1c[nH]c2ccc(Oc3c(C(F)(F)F)cc(NC(=O)C(=O)NCCO)cc3C(F)(F)F)cc12. The molecule has 0 bridgehead atoms. The van der Waals surface area contributed by atoms with Gasteiger partial charge in [0.25, 0.3) is 0 Å². The standard InChI is InChI=1S/C23H21F6N3O4/c1-11(2)15-10-31-18-4-3-13(9-14(15)18)36-19-16(22(24,25)26)7-12(8-17(19)23(27,28)29)32-21(35)20(34)30-5-6-33/h3-4,7-11,31,33H,5-6H2,1-2H3,(H,30,34)(H,32,35). The van der Waals surface area contributed by atoms with E-state index in [0.717, 1.165) is 5.56 Å². The molecule has 0 aliphatic heterocycles. The minimum atomic E-state index is -5.31. The summed E-state index contributed by atoms with van der Waals surface area (Å²) in [6.07, 6.45) is -8.93. The molecule has 0 unspecified atom stereocenters. The van der Waals surface area contributed by atoms with Gasteiger partial charge in [0.1, 0.15) is 16.9 Å². The number of hydrogen-bond acceptors (Lipinski definition) is 4. The first kappa shape index (κ1) is 26.9. The fourth-order valence-electron chi connectivity index (χ4n) is 3.45. The van der Waals surface area contributed by atoms with E-state index in [1.165, 1.54) is 18.2 Å². The summed E-state index contributed by atoms with van der Waals surface area (Å²) in [5.74, 6) is -4.62. The average molecular weight is 517 g/mol. The number of ether oxygens (including phenoxy) is 1. The van der Waals surface area contributed by atoms with Gasteiger partial charge in [-0.3, -0.25) is 9.59 Å². The zero-order chi connectivity index (χ0) is 26.8. The zero-order valence-electron chi connectivity index (χ0n) is 18.9. The van der Waals surface area contributed by atoms with Crippen molar-refractivity contribution >= 4 is 28.4 Å². The molecule has 3 rings (SSSR count). The third-order valence-electron chi connectivity index (χ3n) is 5.09. The molecular weight excluding hydrogens is 496 g/mol. The number of rotatable bonds is 6. The van der Waals surface area contributed by atoms with Crippen LogP contribution in [0, 0.1) is 0 Å². The molecule has 0 aliphatic rings. The highest BCUT2D eigenvalue weighted by Crippen LogP contribution is 2.47. The van der Waals surface area contributed by atoms with Crippen LogP contribution in [0.25, 0.3) is 10.9 Å². The Kier molecular flexibility index (Phi) is 7.53. The molecule has 3 aromatic rings. The highest BCUT2D eigenvalue weighted by Gasteiger charge is 2.43. The molecular formula is C23H21F6N3O4. The minimum absolute atomic E-state index is 0.0166. The Morgan fingerprint density at radius 2 is 1.61 bits per heavy atom. The molecule has 0 radical (unpaired) electrons. The van der Waals surface area contributed by atoms with E-state index >= 15 is 0 Å². The molecule has 1 aromatic heterocycles. The fourth-order valence-corrected chi connectivity index (χ4v) is 3.45. The largest absolute Gasteiger partial charge is 0.456 e. The molecule has 0 aliphatic carbocycles. The molecule has 7 nitrogen and oxygen atoms in total. The van der Waals surface area contributed by atoms with Gasteiger partial charge >= 0.3 is 24.2 Å². The summed E-state index contributed by atoms with van der Waals surface area (Å²) in [6, 6.07) is 4.52. The van der Waals surface area contributed by atoms with Crippen LogP contribution in [-0.4, -0.2) is 35.1 Å². The van der Waals surface area contributed by atoms with Gasteiger partial charge in [-0.2, -0.15) is 26.3 Å². The summed E-state index contributed by atoms with van der Waals surface area (Å²) in [7, 11) is 0. The highest BCUT2D eigenvalue weighted by atomic mass is 19.4. The Morgan fingerprint density at radius 3 is 2.14 bits per heavy atom. The molecule has 2 aromatic carbocycles. The molecule has 13 heteroatoms. The molecule has 0 saturated carbocycles. The summed E-state index contributed by atoms with van der Waals surface area (Å²) < 4.78 is 88.4. The lowest BCUT2D eigenvalue weighted by Gasteiger charge is -2.21. The van der Waals surface area contributed by atoms with Crippen LogP contribution < -0.4 is 15.4 Å². The van der Waals surface area contributed by atoms with Gasteiger partial charge in [-0.25, -0.2) is 0 Å². The third kappa shape index (κ3) is 5.90. The molecule has 0 fully saturated rings. The second-order valence-corrected chi connectivity index (χ2v) is 8.04. The number of anilines is 1. The van der Waals surface area contributed by atoms with E-state index in [4.69, 9.17) is 9.84 Å². The lowest BCUT2D eigenvalue weighted by Crippen LogP contribution is -2.37. The quantitative estimate of drug-likeness (QED) is 0.268. The Labute approximate surface area is 200 Å². The Hall–Kier alpha value is -3.74. The van der Waals surface area contributed by atoms with Gasteiger partial charge in [-0.05, 0) is 41.8 Å². The van der Waals surface area contributed by atoms with Gasteiger partial charge in [0.15, 0.2) is 5.75 Å². The number of alkyl halides is 6. The van der Waals surface area contributed by atoms with E-state index in [2.05, 4.69) is 4.98 Å². The van der Waals surface area contributed by atoms with Crippen molar-refractivity contribution in [3.63, 3.8) is 0 Å². The van der Waals surface area contributed by atoms with E-state index < -0.39 is 53.3 Å². The summed E-state index contributed by atoms with van der Waals surface area (Å²) >= 11 is 0. The summed E-state index contributed by atoms with van der Waals surface area (Å²) in [4.78, 5) is 26.5. The van der Waals surface area contributed by atoms with E-state index in [0.29, 0.717) is 10.9 Å². The molecule has 0 spiro atoms.